The molecular weight excluding hydrogens is 989 g/mol. The van der Waals surface area contributed by atoms with Crippen LogP contribution in [0.2, 0.25) is 0 Å². The predicted octanol–water partition coefficient (Wildman–Crippen LogP) is 24.3. The first-order chi connectivity index (χ1) is 40.3. The Hall–Kier alpha value is -6.38. The Morgan fingerprint density at radius 1 is 0.305 bits per heavy atom. The van der Waals surface area contributed by atoms with Gasteiger partial charge in [0, 0.05) is 16.7 Å². The van der Waals surface area contributed by atoms with Gasteiger partial charge in [0.2, 0.25) is 0 Å². The summed E-state index contributed by atoms with van der Waals surface area (Å²) in [4.78, 5) is 11.6. The Kier molecular flexibility index (Phi) is 23.0. The predicted molar refractivity (Wildman–Crippen MR) is 359 cm³/mol. The summed E-state index contributed by atoms with van der Waals surface area (Å²) in [5.74, 6) is 0.826. The van der Waals surface area contributed by atoms with Crippen molar-refractivity contribution >= 4 is 22.9 Å². The second-order valence-corrected chi connectivity index (χ2v) is 24.5. The minimum Gasteiger partial charge on any atom is -0.228 e. The van der Waals surface area contributed by atoms with Crippen LogP contribution in [0.4, 0.5) is 0 Å². The number of rotatable bonds is 34. The highest BCUT2D eigenvalue weighted by Gasteiger charge is 2.22. The third-order valence-corrected chi connectivity index (χ3v) is 17.8. The van der Waals surface area contributed by atoms with E-state index in [2.05, 4.69) is 187 Å². The van der Waals surface area contributed by atoms with Crippen LogP contribution in [0.15, 0.2) is 133 Å². The maximum Gasteiger partial charge on any atom is 0.160 e. The maximum atomic E-state index is 5.82. The summed E-state index contributed by atoms with van der Waals surface area (Å²) in [5, 5.41) is 2.59. The molecule has 0 amide bonds. The SMILES string of the molecule is CCCCCCCCc1cc(-c2cc(-c3cc(CCCCCCCC)c(-c4cccc(-c5ccccc5-c5cccc(C)c5)c4)cc3CCCCCCCC)nc(-c3cc4c5c(cccc5c3)C=C4)n2)c(CCCCCCCC)cc1C. The summed E-state index contributed by atoms with van der Waals surface area (Å²) in [6, 6.07) is 51.7. The molecule has 0 aliphatic heterocycles. The molecule has 0 saturated heterocycles. The summed E-state index contributed by atoms with van der Waals surface area (Å²) < 4.78 is 0. The number of aromatic nitrogens is 2. The molecule has 0 radical (unpaired) electrons. The van der Waals surface area contributed by atoms with E-state index in [0.717, 1.165) is 54.9 Å². The zero-order valence-corrected chi connectivity index (χ0v) is 51.5. The molecule has 2 heteroatoms. The first-order valence-electron chi connectivity index (χ1n) is 33.1. The summed E-state index contributed by atoms with van der Waals surface area (Å²) in [5.41, 5.74) is 24.6. The van der Waals surface area contributed by atoms with Crippen molar-refractivity contribution in [1.29, 1.82) is 0 Å². The second-order valence-electron chi connectivity index (χ2n) is 24.5. The van der Waals surface area contributed by atoms with Crippen molar-refractivity contribution in [2.45, 2.75) is 221 Å². The average molecular weight is 1090 g/mol. The maximum absolute atomic E-state index is 5.82. The summed E-state index contributed by atoms with van der Waals surface area (Å²) in [7, 11) is 0. The first-order valence-corrected chi connectivity index (χ1v) is 33.1. The first kappa shape index (κ1) is 60.2. The number of aryl methyl sites for hydroxylation is 6. The van der Waals surface area contributed by atoms with Crippen LogP contribution < -0.4 is 0 Å². The lowest BCUT2D eigenvalue weighted by Crippen LogP contribution is -2.04. The third-order valence-electron chi connectivity index (χ3n) is 17.8. The largest absolute Gasteiger partial charge is 0.228 e. The highest BCUT2D eigenvalue weighted by atomic mass is 14.9. The molecule has 7 aromatic carbocycles. The Morgan fingerprint density at radius 2 is 0.744 bits per heavy atom. The Bertz CT molecular complexity index is 3350. The van der Waals surface area contributed by atoms with E-state index in [1.165, 1.54) is 247 Å². The average Bonchev–Trinajstić information content (AvgIpc) is 4.04. The fraction of sp³-hybridized carbons (Fsp3) is 0.425. The Labute approximate surface area is 496 Å². The molecule has 1 heterocycles. The highest BCUT2D eigenvalue weighted by molar-refractivity contribution is 6.06. The molecule has 1 aromatic heterocycles. The summed E-state index contributed by atoms with van der Waals surface area (Å²) in [6.07, 6.45) is 39.5. The van der Waals surface area contributed by atoms with Crippen LogP contribution in [0.1, 0.15) is 226 Å². The van der Waals surface area contributed by atoms with Gasteiger partial charge in [0.05, 0.1) is 11.4 Å². The van der Waals surface area contributed by atoms with E-state index in [1.807, 2.05) is 0 Å². The molecule has 8 aromatic rings. The standard InChI is InChI=1S/C80H98N2/c1-7-11-15-19-23-27-37-62-55-75(64(51-60(62)6)38-28-24-20-16-12-8-2)77-58-78(82-80(81-77)71-53-69-45-34-41-61-48-49-70(54-71)79(61)69)76-57-67(39-29-25-21-17-13-9-3)74(56-68(76)40-30-26-22-18-14-10-4)66-44-35-43-65(52-66)73-47-32-31-46-72(73)63-42-33-36-59(5)50-63/h31-36,41-58H,7-30,37-40H2,1-6H3. The van der Waals surface area contributed by atoms with Gasteiger partial charge < -0.3 is 0 Å². The zero-order valence-electron chi connectivity index (χ0n) is 51.5. The van der Waals surface area contributed by atoms with Crippen LogP contribution in [-0.4, -0.2) is 9.97 Å². The highest BCUT2D eigenvalue weighted by Crippen LogP contribution is 2.42. The minimum absolute atomic E-state index is 0.826. The number of hydrogen-bond acceptors (Lipinski definition) is 2. The lowest BCUT2D eigenvalue weighted by atomic mass is 9.86. The van der Waals surface area contributed by atoms with Gasteiger partial charge in [0.1, 0.15) is 0 Å². The molecular formula is C80H98N2. The van der Waals surface area contributed by atoms with Crippen molar-refractivity contribution in [2.24, 2.45) is 0 Å². The zero-order chi connectivity index (χ0) is 56.9. The van der Waals surface area contributed by atoms with Crippen molar-refractivity contribution in [1.82, 2.24) is 9.97 Å². The van der Waals surface area contributed by atoms with Crippen LogP contribution in [0, 0.1) is 13.8 Å². The van der Waals surface area contributed by atoms with Gasteiger partial charge in [-0.1, -0.05) is 271 Å². The smallest absolute Gasteiger partial charge is 0.160 e. The van der Waals surface area contributed by atoms with Gasteiger partial charge in [-0.05, 0) is 185 Å². The fourth-order valence-electron chi connectivity index (χ4n) is 13.1. The van der Waals surface area contributed by atoms with Crippen molar-refractivity contribution in [2.75, 3.05) is 0 Å². The van der Waals surface area contributed by atoms with Crippen LogP contribution in [0.3, 0.4) is 0 Å². The van der Waals surface area contributed by atoms with Crippen LogP contribution in [-0.2, 0) is 25.7 Å². The number of hydrogen-bond donors (Lipinski definition) is 0. The molecule has 0 N–H and O–H groups in total. The molecule has 0 spiro atoms. The lowest BCUT2D eigenvalue weighted by molar-refractivity contribution is 0.605. The normalized spacial score (nSPS) is 11.9. The van der Waals surface area contributed by atoms with Crippen molar-refractivity contribution in [3.63, 3.8) is 0 Å². The van der Waals surface area contributed by atoms with E-state index < -0.39 is 0 Å². The molecule has 428 valence electrons. The molecule has 0 fully saturated rings. The molecule has 0 bridgehead atoms. The topological polar surface area (TPSA) is 25.8 Å². The monoisotopic (exact) mass is 1090 g/mol. The van der Waals surface area contributed by atoms with Gasteiger partial charge in [-0.25, -0.2) is 9.97 Å². The summed E-state index contributed by atoms with van der Waals surface area (Å²) >= 11 is 0. The van der Waals surface area contributed by atoms with Gasteiger partial charge in [0.15, 0.2) is 5.82 Å². The molecule has 0 atom stereocenters. The van der Waals surface area contributed by atoms with Crippen LogP contribution in [0.5, 0.6) is 0 Å². The van der Waals surface area contributed by atoms with Crippen molar-refractivity contribution in [3.05, 3.63) is 178 Å². The van der Waals surface area contributed by atoms with Gasteiger partial charge >= 0.3 is 0 Å². The second kappa shape index (κ2) is 31.3. The van der Waals surface area contributed by atoms with Crippen LogP contribution in [0.25, 0.3) is 90.2 Å². The Balaban J connectivity index is 1.22. The molecule has 1 aliphatic rings. The number of unbranched alkanes of at least 4 members (excludes halogenated alkanes) is 20. The minimum atomic E-state index is 0.826. The molecule has 2 nitrogen and oxygen atoms in total. The quantitative estimate of drug-likeness (QED) is 0.0376. The van der Waals surface area contributed by atoms with Gasteiger partial charge in [-0.15, -0.1) is 0 Å². The van der Waals surface area contributed by atoms with E-state index in [1.54, 1.807) is 0 Å². The van der Waals surface area contributed by atoms with Gasteiger partial charge in [-0.2, -0.15) is 0 Å². The van der Waals surface area contributed by atoms with Crippen molar-refractivity contribution < 1.29 is 0 Å². The van der Waals surface area contributed by atoms with E-state index in [-0.39, 0.29) is 0 Å². The summed E-state index contributed by atoms with van der Waals surface area (Å²) in [6.45, 7) is 13.9. The van der Waals surface area contributed by atoms with Gasteiger partial charge in [-0.3, -0.25) is 0 Å². The number of benzene rings is 7. The van der Waals surface area contributed by atoms with E-state index >= 15 is 0 Å². The molecule has 1 aliphatic carbocycles. The van der Waals surface area contributed by atoms with E-state index in [0.29, 0.717) is 0 Å². The molecule has 82 heavy (non-hydrogen) atoms. The fourth-order valence-corrected chi connectivity index (χ4v) is 13.1. The molecule has 9 rings (SSSR count). The van der Waals surface area contributed by atoms with E-state index in [9.17, 15) is 0 Å². The van der Waals surface area contributed by atoms with E-state index in [4.69, 9.17) is 9.97 Å². The van der Waals surface area contributed by atoms with Crippen LogP contribution >= 0.6 is 0 Å². The lowest BCUT2D eigenvalue weighted by Gasteiger charge is -2.20. The molecule has 0 unspecified atom stereocenters. The molecule has 0 saturated carbocycles. The van der Waals surface area contributed by atoms with Crippen molar-refractivity contribution in [3.8, 4) is 67.3 Å². The Morgan fingerprint density at radius 3 is 1.30 bits per heavy atom. The van der Waals surface area contributed by atoms with Gasteiger partial charge in [0.25, 0.3) is 0 Å². The third kappa shape index (κ3) is 16.0. The number of nitrogens with zero attached hydrogens (tertiary/aromatic N) is 2.